The number of aromatic nitrogens is 4. The quantitative estimate of drug-likeness (QED) is 0.781. The molecule has 1 aromatic carbocycles. The molecule has 1 N–H and O–H groups in total. The SMILES string of the molecule is O=C(Nc1ccccc1)c1nnc(/C(Cl)=C/c2csnn2)s1. The van der Waals surface area contributed by atoms with Crippen LogP contribution in [0.2, 0.25) is 0 Å². The smallest absolute Gasteiger partial charge is 0.286 e. The van der Waals surface area contributed by atoms with Crippen molar-refractivity contribution in [3.8, 4) is 0 Å². The van der Waals surface area contributed by atoms with Crippen LogP contribution in [0.4, 0.5) is 5.69 Å². The number of anilines is 1. The average molecular weight is 350 g/mol. The third kappa shape index (κ3) is 3.53. The van der Waals surface area contributed by atoms with Crippen LogP contribution in [-0.2, 0) is 0 Å². The Balaban J connectivity index is 1.74. The van der Waals surface area contributed by atoms with Gasteiger partial charge in [-0.1, -0.05) is 45.6 Å². The monoisotopic (exact) mass is 349 g/mol. The highest BCUT2D eigenvalue weighted by Gasteiger charge is 2.14. The summed E-state index contributed by atoms with van der Waals surface area (Å²) in [4.78, 5) is 12.1. The summed E-state index contributed by atoms with van der Waals surface area (Å²) in [5.74, 6) is -0.324. The number of halogens is 1. The third-order valence-electron chi connectivity index (χ3n) is 2.51. The van der Waals surface area contributed by atoms with Crippen molar-refractivity contribution in [1.29, 1.82) is 0 Å². The molecule has 3 aromatic rings. The van der Waals surface area contributed by atoms with E-state index in [4.69, 9.17) is 11.6 Å². The maximum Gasteiger partial charge on any atom is 0.286 e. The van der Waals surface area contributed by atoms with Crippen molar-refractivity contribution in [2.45, 2.75) is 0 Å². The highest BCUT2D eigenvalue weighted by Crippen LogP contribution is 2.25. The maximum absolute atomic E-state index is 12.1. The minimum atomic E-state index is -0.324. The normalized spacial score (nSPS) is 11.4. The molecular formula is C13H8ClN5OS2. The van der Waals surface area contributed by atoms with Gasteiger partial charge in [0.05, 0.1) is 10.7 Å². The van der Waals surface area contributed by atoms with Crippen LogP contribution in [0.3, 0.4) is 0 Å². The van der Waals surface area contributed by atoms with Gasteiger partial charge in [0.25, 0.3) is 5.91 Å². The fraction of sp³-hybridized carbons (Fsp3) is 0. The van der Waals surface area contributed by atoms with Crippen LogP contribution in [0.5, 0.6) is 0 Å². The second-order valence-corrected chi connectivity index (χ2v) is 6.05. The molecule has 9 heteroatoms. The Labute approximate surface area is 138 Å². The first-order valence-electron chi connectivity index (χ1n) is 6.07. The van der Waals surface area contributed by atoms with E-state index in [2.05, 4.69) is 25.1 Å². The van der Waals surface area contributed by atoms with Crippen molar-refractivity contribution in [1.82, 2.24) is 19.8 Å². The summed E-state index contributed by atoms with van der Waals surface area (Å²) in [5.41, 5.74) is 1.33. The summed E-state index contributed by atoms with van der Waals surface area (Å²) in [7, 11) is 0. The fourth-order valence-corrected chi connectivity index (χ4v) is 2.87. The molecule has 0 aliphatic heterocycles. The molecule has 0 spiro atoms. The average Bonchev–Trinajstić information content (AvgIpc) is 3.19. The van der Waals surface area contributed by atoms with E-state index >= 15 is 0 Å². The maximum atomic E-state index is 12.1. The molecule has 2 heterocycles. The van der Waals surface area contributed by atoms with Crippen molar-refractivity contribution < 1.29 is 4.79 Å². The van der Waals surface area contributed by atoms with Gasteiger partial charge in [0.1, 0.15) is 0 Å². The zero-order valence-electron chi connectivity index (χ0n) is 10.9. The highest BCUT2D eigenvalue weighted by molar-refractivity contribution is 7.15. The van der Waals surface area contributed by atoms with Gasteiger partial charge in [0.15, 0.2) is 5.01 Å². The Hall–Kier alpha value is -2.16. The number of amides is 1. The van der Waals surface area contributed by atoms with Crippen molar-refractivity contribution >= 4 is 57.2 Å². The van der Waals surface area contributed by atoms with Crippen LogP contribution >= 0.6 is 34.5 Å². The van der Waals surface area contributed by atoms with E-state index in [1.807, 2.05) is 18.2 Å². The third-order valence-corrected chi connectivity index (χ3v) is 4.39. The van der Waals surface area contributed by atoms with E-state index in [9.17, 15) is 4.79 Å². The molecular weight excluding hydrogens is 342 g/mol. The largest absolute Gasteiger partial charge is 0.320 e. The predicted octanol–water partition coefficient (Wildman–Crippen LogP) is 3.38. The molecule has 0 saturated carbocycles. The summed E-state index contributed by atoms with van der Waals surface area (Å²) in [6.07, 6.45) is 1.63. The second-order valence-electron chi connectivity index (χ2n) is 4.05. The lowest BCUT2D eigenvalue weighted by Crippen LogP contribution is -2.11. The van der Waals surface area contributed by atoms with E-state index in [1.165, 1.54) is 11.5 Å². The standard InChI is InChI=1S/C13H8ClN5OS2/c14-10(6-9-7-21-19-16-9)12-17-18-13(22-12)11(20)15-8-4-2-1-3-5-8/h1-7H,(H,15,20)/b10-6-. The Bertz CT molecular complexity index is 801. The zero-order valence-corrected chi connectivity index (χ0v) is 13.3. The van der Waals surface area contributed by atoms with Gasteiger partial charge in [-0.15, -0.1) is 15.3 Å². The molecule has 0 bridgehead atoms. The number of hydrogen-bond acceptors (Lipinski definition) is 7. The lowest BCUT2D eigenvalue weighted by molar-refractivity contribution is 0.102. The van der Waals surface area contributed by atoms with Gasteiger partial charge in [-0.2, -0.15) is 0 Å². The Morgan fingerprint density at radius 1 is 1.14 bits per heavy atom. The van der Waals surface area contributed by atoms with Crippen molar-refractivity contribution in [2.75, 3.05) is 5.32 Å². The molecule has 0 aliphatic carbocycles. The molecule has 3 rings (SSSR count). The van der Waals surface area contributed by atoms with Crippen LogP contribution in [0.25, 0.3) is 11.1 Å². The number of para-hydroxylation sites is 1. The molecule has 0 aliphatic rings. The zero-order chi connectivity index (χ0) is 15.4. The van der Waals surface area contributed by atoms with Gasteiger partial charge < -0.3 is 5.32 Å². The highest BCUT2D eigenvalue weighted by atomic mass is 35.5. The van der Waals surface area contributed by atoms with Gasteiger partial charge in [-0.05, 0) is 29.7 Å². The first-order valence-corrected chi connectivity index (χ1v) is 8.10. The summed E-state index contributed by atoms with van der Waals surface area (Å²) in [6, 6.07) is 9.13. The number of nitrogens with zero attached hydrogens (tertiary/aromatic N) is 4. The Morgan fingerprint density at radius 2 is 1.91 bits per heavy atom. The first-order chi connectivity index (χ1) is 10.7. The molecule has 1 amide bonds. The van der Waals surface area contributed by atoms with E-state index in [-0.39, 0.29) is 10.9 Å². The lowest BCUT2D eigenvalue weighted by atomic mass is 10.3. The van der Waals surface area contributed by atoms with Crippen LogP contribution in [0.15, 0.2) is 35.7 Å². The first kappa shape index (κ1) is 14.8. The van der Waals surface area contributed by atoms with Gasteiger partial charge in [-0.3, -0.25) is 4.79 Å². The van der Waals surface area contributed by atoms with E-state index in [0.717, 1.165) is 11.3 Å². The van der Waals surface area contributed by atoms with Crippen LogP contribution < -0.4 is 5.32 Å². The number of carbonyl (C=O) groups excluding carboxylic acids is 1. The molecule has 2 aromatic heterocycles. The fourth-order valence-electron chi connectivity index (χ4n) is 1.54. The summed E-state index contributed by atoms with van der Waals surface area (Å²) >= 11 is 8.49. The number of rotatable bonds is 4. The van der Waals surface area contributed by atoms with Gasteiger partial charge in [0.2, 0.25) is 5.01 Å². The number of benzene rings is 1. The van der Waals surface area contributed by atoms with Gasteiger partial charge in [0, 0.05) is 11.1 Å². The van der Waals surface area contributed by atoms with Crippen molar-refractivity contribution in [2.24, 2.45) is 0 Å². The van der Waals surface area contributed by atoms with E-state index < -0.39 is 0 Å². The molecule has 110 valence electrons. The lowest BCUT2D eigenvalue weighted by Gasteiger charge is -2.00. The van der Waals surface area contributed by atoms with Crippen molar-refractivity contribution in [3.05, 3.63) is 51.4 Å². The van der Waals surface area contributed by atoms with Gasteiger partial charge >= 0.3 is 0 Å². The Morgan fingerprint density at radius 3 is 2.64 bits per heavy atom. The molecule has 0 atom stereocenters. The summed E-state index contributed by atoms with van der Waals surface area (Å²) in [6.45, 7) is 0. The molecule has 0 unspecified atom stereocenters. The minimum Gasteiger partial charge on any atom is -0.320 e. The number of carbonyl (C=O) groups is 1. The molecule has 6 nitrogen and oxygen atoms in total. The molecule has 0 saturated heterocycles. The van der Waals surface area contributed by atoms with Crippen LogP contribution in [0, 0.1) is 0 Å². The number of hydrogen-bond donors (Lipinski definition) is 1. The molecule has 0 radical (unpaired) electrons. The van der Waals surface area contributed by atoms with E-state index in [1.54, 1.807) is 23.6 Å². The summed E-state index contributed by atoms with van der Waals surface area (Å²) < 4.78 is 3.74. The van der Waals surface area contributed by atoms with Crippen LogP contribution in [-0.4, -0.2) is 25.7 Å². The van der Waals surface area contributed by atoms with Crippen molar-refractivity contribution in [3.63, 3.8) is 0 Å². The number of nitrogens with one attached hydrogen (secondary N) is 1. The van der Waals surface area contributed by atoms with E-state index in [0.29, 0.717) is 21.4 Å². The molecule has 22 heavy (non-hydrogen) atoms. The minimum absolute atomic E-state index is 0.238. The Kier molecular flexibility index (Phi) is 4.52. The summed E-state index contributed by atoms with van der Waals surface area (Å²) in [5, 5.41) is 17.2. The predicted molar refractivity (Wildman–Crippen MR) is 87.9 cm³/mol. The second kappa shape index (κ2) is 6.73. The van der Waals surface area contributed by atoms with Gasteiger partial charge in [-0.25, -0.2) is 0 Å². The van der Waals surface area contributed by atoms with Crippen LogP contribution in [0.1, 0.15) is 20.5 Å². The topological polar surface area (TPSA) is 80.7 Å². The molecule has 0 fully saturated rings.